The Bertz CT molecular complexity index is 673. The number of ether oxygens (including phenoxy) is 2. The first-order chi connectivity index (χ1) is 12.3. The summed E-state index contributed by atoms with van der Waals surface area (Å²) in [6, 6.07) is 14.1. The number of benzene rings is 2. The highest BCUT2D eigenvalue weighted by Gasteiger charge is 2.19. The molecule has 1 aliphatic carbocycles. The van der Waals surface area contributed by atoms with Crippen molar-refractivity contribution in [1.82, 2.24) is 5.43 Å². The smallest absolute Gasteiger partial charge is 0.162 e. The van der Waals surface area contributed by atoms with Crippen LogP contribution in [0, 0.1) is 0 Å². The zero-order valence-electron chi connectivity index (χ0n) is 14.6. The fraction of sp³-hybridized carbons (Fsp3) is 0.400. The minimum Gasteiger partial charge on any atom is -0.490 e. The molecule has 134 valence electrons. The van der Waals surface area contributed by atoms with Crippen LogP contribution in [0.1, 0.15) is 38.2 Å². The molecular formula is C20H25BrN2O2. The van der Waals surface area contributed by atoms with Gasteiger partial charge in [0.15, 0.2) is 11.5 Å². The fourth-order valence-corrected chi connectivity index (χ4v) is 3.48. The molecule has 1 fully saturated rings. The minimum absolute atomic E-state index is 0.315. The van der Waals surface area contributed by atoms with Crippen LogP contribution in [0.25, 0.3) is 0 Å². The predicted octanol–water partition coefficient (Wildman–Crippen LogP) is 5.29. The first-order valence-corrected chi connectivity index (χ1v) is 9.71. The average molecular weight is 405 g/mol. The number of rotatable bonds is 8. The lowest BCUT2D eigenvalue weighted by Crippen LogP contribution is -2.21. The third-order valence-corrected chi connectivity index (χ3v) is 5.03. The van der Waals surface area contributed by atoms with Gasteiger partial charge in [-0.2, -0.15) is 0 Å². The number of hydrogen-bond acceptors (Lipinski definition) is 4. The van der Waals surface area contributed by atoms with E-state index in [1.54, 1.807) is 0 Å². The van der Waals surface area contributed by atoms with Gasteiger partial charge in [-0.3, -0.25) is 0 Å². The Balaban J connectivity index is 1.67. The van der Waals surface area contributed by atoms with Crippen LogP contribution in [0.3, 0.4) is 0 Å². The Kier molecular flexibility index (Phi) is 6.59. The highest BCUT2D eigenvalue weighted by Crippen LogP contribution is 2.36. The summed E-state index contributed by atoms with van der Waals surface area (Å²) in [6.45, 7) is 3.29. The number of nitrogens with one attached hydrogen (secondary N) is 2. The van der Waals surface area contributed by atoms with Gasteiger partial charge >= 0.3 is 0 Å². The van der Waals surface area contributed by atoms with Crippen molar-refractivity contribution >= 4 is 21.6 Å². The van der Waals surface area contributed by atoms with E-state index in [1.165, 1.54) is 12.8 Å². The van der Waals surface area contributed by atoms with Crippen LogP contribution in [0.5, 0.6) is 11.5 Å². The summed E-state index contributed by atoms with van der Waals surface area (Å²) in [5.74, 6) is 1.65. The molecule has 1 saturated carbocycles. The van der Waals surface area contributed by atoms with Crippen molar-refractivity contribution < 1.29 is 9.47 Å². The molecule has 1 aliphatic rings. The van der Waals surface area contributed by atoms with E-state index >= 15 is 0 Å². The molecule has 0 radical (unpaired) electrons. The second-order valence-electron chi connectivity index (χ2n) is 6.19. The Hall–Kier alpha value is -1.72. The number of hydrazine groups is 1. The van der Waals surface area contributed by atoms with Crippen molar-refractivity contribution in [3.05, 3.63) is 52.5 Å². The van der Waals surface area contributed by atoms with E-state index in [9.17, 15) is 0 Å². The van der Waals surface area contributed by atoms with E-state index in [0.717, 1.165) is 40.1 Å². The molecule has 0 amide bonds. The Morgan fingerprint density at radius 1 is 1.08 bits per heavy atom. The van der Waals surface area contributed by atoms with E-state index in [1.807, 2.05) is 43.3 Å². The first kappa shape index (κ1) is 18.1. The van der Waals surface area contributed by atoms with Crippen LogP contribution in [-0.2, 0) is 6.54 Å². The van der Waals surface area contributed by atoms with E-state index in [4.69, 9.17) is 9.47 Å². The van der Waals surface area contributed by atoms with Gasteiger partial charge in [-0.1, -0.05) is 34.1 Å². The molecule has 3 rings (SSSR count). The predicted molar refractivity (Wildman–Crippen MR) is 105 cm³/mol. The van der Waals surface area contributed by atoms with Crippen molar-refractivity contribution in [2.24, 2.45) is 0 Å². The summed E-state index contributed by atoms with van der Waals surface area (Å²) in [4.78, 5) is 0. The lowest BCUT2D eigenvalue weighted by atomic mass is 10.2. The lowest BCUT2D eigenvalue weighted by Gasteiger charge is -2.19. The molecule has 0 saturated heterocycles. The molecular weight excluding hydrogens is 380 g/mol. The lowest BCUT2D eigenvalue weighted by molar-refractivity contribution is 0.196. The normalized spacial score (nSPS) is 14.5. The molecule has 0 unspecified atom stereocenters. The van der Waals surface area contributed by atoms with E-state index < -0.39 is 0 Å². The van der Waals surface area contributed by atoms with Gasteiger partial charge in [0.1, 0.15) is 0 Å². The van der Waals surface area contributed by atoms with E-state index in [-0.39, 0.29) is 0 Å². The fourth-order valence-electron chi connectivity index (χ4n) is 3.02. The highest BCUT2D eigenvalue weighted by atomic mass is 79.9. The van der Waals surface area contributed by atoms with Gasteiger partial charge in [0.2, 0.25) is 0 Å². The standard InChI is InChI=1S/C20H25BrN2O2/c1-2-24-19-12-15(14-22-23-16-8-4-3-5-9-16)18(21)13-20(19)25-17-10-6-7-11-17/h3-5,8-9,12-13,17,22-23H,2,6-7,10-11,14H2,1H3. The number of anilines is 1. The number of para-hydroxylation sites is 1. The average Bonchev–Trinajstić information content (AvgIpc) is 3.13. The summed E-state index contributed by atoms with van der Waals surface area (Å²) in [6.07, 6.45) is 5.09. The third kappa shape index (κ3) is 5.13. The topological polar surface area (TPSA) is 42.5 Å². The second-order valence-corrected chi connectivity index (χ2v) is 7.05. The van der Waals surface area contributed by atoms with Gasteiger partial charge in [-0.25, -0.2) is 5.43 Å². The molecule has 0 aromatic heterocycles. The van der Waals surface area contributed by atoms with Crippen molar-refractivity contribution in [2.75, 3.05) is 12.0 Å². The van der Waals surface area contributed by atoms with Gasteiger partial charge in [0.05, 0.1) is 12.7 Å². The van der Waals surface area contributed by atoms with Crippen molar-refractivity contribution in [3.8, 4) is 11.5 Å². The Labute approximate surface area is 158 Å². The van der Waals surface area contributed by atoms with Gasteiger partial charge in [0, 0.05) is 16.7 Å². The molecule has 0 bridgehead atoms. The maximum Gasteiger partial charge on any atom is 0.162 e. The zero-order chi connectivity index (χ0) is 17.5. The number of halogens is 1. The maximum absolute atomic E-state index is 6.18. The van der Waals surface area contributed by atoms with Gasteiger partial charge in [0.25, 0.3) is 0 Å². The Morgan fingerprint density at radius 3 is 2.56 bits per heavy atom. The molecule has 0 atom stereocenters. The molecule has 0 heterocycles. The van der Waals surface area contributed by atoms with E-state index in [2.05, 4.69) is 32.8 Å². The zero-order valence-corrected chi connectivity index (χ0v) is 16.1. The van der Waals surface area contributed by atoms with Crippen LogP contribution >= 0.6 is 15.9 Å². The van der Waals surface area contributed by atoms with Crippen molar-refractivity contribution in [3.63, 3.8) is 0 Å². The molecule has 0 aliphatic heterocycles. The molecule has 2 aromatic carbocycles. The summed E-state index contributed by atoms with van der Waals surface area (Å²) in [7, 11) is 0. The SMILES string of the molecule is CCOc1cc(CNNc2ccccc2)c(Br)cc1OC1CCCC1. The molecule has 2 N–H and O–H groups in total. The monoisotopic (exact) mass is 404 g/mol. The van der Waals surface area contributed by atoms with Crippen LogP contribution in [0.15, 0.2) is 46.9 Å². The first-order valence-electron chi connectivity index (χ1n) is 8.92. The third-order valence-electron chi connectivity index (χ3n) is 4.29. The summed E-state index contributed by atoms with van der Waals surface area (Å²) < 4.78 is 13.0. The quantitative estimate of drug-likeness (QED) is 0.586. The molecule has 2 aromatic rings. The van der Waals surface area contributed by atoms with E-state index in [0.29, 0.717) is 19.3 Å². The molecule has 25 heavy (non-hydrogen) atoms. The minimum atomic E-state index is 0.315. The summed E-state index contributed by atoms with van der Waals surface area (Å²) in [5.41, 5.74) is 8.60. The van der Waals surface area contributed by atoms with Gasteiger partial charge < -0.3 is 14.9 Å². The van der Waals surface area contributed by atoms with Crippen molar-refractivity contribution in [1.29, 1.82) is 0 Å². The van der Waals surface area contributed by atoms with Crippen LogP contribution in [0.2, 0.25) is 0 Å². The number of hydrogen-bond donors (Lipinski definition) is 2. The van der Waals surface area contributed by atoms with Gasteiger partial charge in [-0.15, -0.1) is 0 Å². The maximum atomic E-state index is 6.18. The molecule has 4 nitrogen and oxygen atoms in total. The second kappa shape index (κ2) is 9.11. The van der Waals surface area contributed by atoms with Crippen LogP contribution < -0.4 is 20.3 Å². The van der Waals surface area contributed by atoms with Crippen LogP contribution in [0.4, 0.5) is 5.69 Å². The largest absolute Gasteiger partial charge is 0.490 e. The molecule has 5 heteroatoms. The van der Waals surface area contributed by atoms with Crippen molar-refractivity contribution in [2.45, 2.75) is 45.3 Å². The Morgan fingerprint density at radius 2 is 1.84 bits per heavy atom. The highest BCUT2D eigenvalue weighted by molar-refractivity contribution is 9.10. The molecule has 0 spiro atoms. The van der Waals surface area contributed by atoms with Gasteiger partial charge in [-0.05, 0) is 62.4 Å². The van der Waals surface area contributed by atoms with Crippen LogP contribution in [-0.4, -0.2) is 12.7 Å². The summed E-state index contributed by atoms with van der Waals surface area (Å²) in [5, 5.41) is 0. The summed E-state index contributed by atoms with van der Waals surface area (Å²) >= 11 is 3.66.